The van der Waals surface area contributed by atoms with E-state index in [1.54, 1.807) is 25.3 Å². The summed E-state index contributed by atoms with van der Waals surface area (Å²) in [6.45, 7) is 4.64. The summed E-state index contributed by atoms with van der Waals surface area (Å²) in [5.74, 6) is -0.418. The molecule has 1 aliphatic rings. The summed E-state index contributed by atoms with van der Waals surface area (Å²) in [4.78, 5) is 48.3. The maximum absolute atomic E-state index is 14.0. The van der Waals surface area contributed by atoms with Crippen molar-refractivity contribution in [2.24, 2.45) is 5.73 Å². The van der Waals surface area contributed by atoms with Crippen LogP contribution in [0, 0.1) is 12.7 Å². The van der Waals surface area contributed by atoms with Crippen molar-refractivity contribution in [3.05, 3.63) is 60.1 Å². The Morgan fingerprint density at radius 2 is 1.90 bits per heavy atom. The molecule has 12 nitrogen and oxygen atoms in total. The molecule has 0 saturated carbocycles. The predicted octanol–water partition coefficient (Wildman–Crippen LogP) is 3.22. The zero-order valence-electron chi connectivity index (χ0n) is 21.3. The second-order valence-corrected chi connectivity index (χ2v) is 9.45. The molecule has 4 aromatic rings. The van der Waals surface area contributed by atoms with Gasteiger partial charge >= 0.3 is 6.09 Å². The third-order valence-corrected chi connectivity index (χ3v) is 6.56. The molecular formula is C26H26FN9O3. The Hall–Kier alpha value is -4.94. The van der Waals surface area contributed by atoms with Crippen molar-refractivity contribution in [2.75, 3.05) is 29.0 Å². The number of piperidine rings is 1. The largest absolute Gasteiger partial charge is 0.443 e. The molecule has 0 atom stereocenters. The Kier molecular flexibility index (Phi) is 6.64. The molecule has 0 spiro atoms. The number of hydrogen-bond acceptors (Lipinski definition) is 10. The Bertz CT molecular complexity index is 1590. The molecule has 5 rings (SSSR count). The molecule has 3 aromatic heterocycles. The van der Waals surface area contributed by atoms with Crippen LogP contribution in [0.2, 0.25) is 0 Å². The van der Waals surface area contributed by atoms with Crippen LogP contribution in [0.1, 0.15) is 36.1 Å². The number of nitrogens with one attached hydrogen (secondary N) is 1. The second-order valence-electron chi connectivity index (χ2n) is 9.45. The zero-order valence-corrected chi connectivity index (χ0v) is 21.3. The molecular weight excluding hydrogens is 505 g/mol. The lowest BCUT2D eigenvalue weighted by atomic mass is 9.93. The van der Waals surface area contributed by atoms with Crippen LogP contribution in [0.4, 0.5) is 26.5 Å². The number of nitrogens with zero attached hydrogens (tertiary/aromatic N) is 6. The van der Waals surface area contributed by atoms with E-state index >= 15 is 0 Å². The van der Waals surface area contributed by atoms with Gasteiger partial charge in [-0.3, -0.25) is 4.79 Å². The van der Waals surface area contributed by atoms with Crippen LogP contribution in [0.25, 0.3) is 22.3 Å². The van der Waals surface area contributed by atoms with Crippen LogP contribution in [0.5, 0.6) is 0 Å². The third kappa shape index (κ3) is 5.37. The number of benzene rings is 1. The summed E-state index contributed by atoms with van der Waals surface area (Å²) >= 11 is 0. The zero-order chi connectivity index (χ0) is 27.7. The second kappa shape index (κ2) is 10.1. The van der Waals surface area contributed by atoms with E-state index < -0.39 is 23.4 Å². The van der Waals surface area contributed by atoms with Gasteiger partial charge in [0.2, 0.25) is 0 Å². The molecule has 0 radical (unpaired) electrons. The summed E-state index contributed by atoms with van der Waals surface area (Å²) in [6.07, 6.45) is 3.22. The maximum atomic E-state index is 14.0. The molecule has 2 amide bonds. The number of rotatable bonds is 5. The normalized spacial score (nSPS) is 14.7. The average Bonchev–Trinajstić information content (AvgIpc) is 2.89. The van der Waals surface area contributed by atoms with Crippen LogP contribution < -0.4 is 21.7 Å². The first kappa shape index (κ1) is 25.7. The van der Waals surface area contributed by atoms with Gasteiger partial charge in [0.05, 0.1) is 17.4 Å². The standard InChI is InChI=1S/C26H26FN9O3/c1-14-32-17-6-5-15(27)12-16(17)20(33-14)18-13-31-22(28)21(34-18)24(37)35-23-19(4-3-9-30-23)36-10-7-26(2,8-11-36)39-25(29)38/h3-6,9,12-13H,7-8,10-11H2,1-2H3,(H2,28,31)(H2,29,38)(H,30,35,37). The number of hydrogen-bond donors (Lipinski definition) is 3. The van der Waals surface area contributed by atoms with Crippen molar-refractivity contribution in [2.45, 2.75) is 32.3 Å². The fourth-order valence-electron chi connectivity index (χ4n) is 4.57. The van der Waals surface area contributed by atoms with Crippen LogP contribution in [0.3, 0.4) is 0 Å². The highest BCUT2D eigenvalue weighted by atomic mass is 19.1. The van der Waals surface area contributed by atoms with E-state index in [9.17, 15) is 14.0 Å². The average molecular weight is 532 g/mol. The summed E-state index contributed by atoms with van der Waals surface area (Å²) in [5, 5.41) is 3.21. The summed E-state index contributed by atoms with van der Waals surface area (Å²) < 4.78 is 19.3. The first-order chi connectivity index (χ1) is 18.6. The van der Waals surface area contributed by atoms with Gasteiger partial charge in [0.15, 0.2) is 17.3 Å². The molecule has 0 unspecified atom stereocenters. The molecule has 0 aliphatic carbocycles. The molecule has 1 saturated heterocycles. The van der Waals surface area contributed by atoms with Crippen molar-refractivity contribution in [3.63, 3.8) is 0 Å². The van der Waals surface area contributed by atoms with Crippen LogP contribution in [-0.4, -0.2) is 55.6 Å². The number of carbonyl (C=O) groups is 2. The van der Waals surface area contributed by atoms with Gasteiger partial charge in [-0.25, -0.2) is 34.1 Å². The quantitative estimate of drug-likeness (QED) is 0.347. The minimum absolute atomic E-state index is 0.0904. The number of amides is 2. The Balaban J connectivity index is 1.42. The molecule has 4 heterocycles. The maximum Gasteiger partial charge on any atom is 0.405 e. The van der Waals surface area contributed by atoms with Gasteiger partial charge in [0, 0.05) is 37.5 Å². The van der Waals surface area contributed by atoms with E-state index in [2.05, 4.69) is 30.2 Å². The van der Waals surface area contributed by atoms with Gasteiger partial charge in [-0.1, -0.05) is 0 Å². The minimum atomic E-state index is -0.809. The lowest BCUT2D eigenvalue weighted by molar-refractivity contribution is 0.0127. The molecule has 200 valence electrons. The highest BCUT2D eigenvalue weighted by Crippen LogP contribution is 2.32. The summed E-state index contributed by atoms with van der Waals surface area (Å²) in [5.41, 5.74) is 12.2. The van der Waals surface area contributed by atoms with Gasteiger partial charge in [-0.2, -0.15) is 0 Å². The van der Waals surface area contributed by atoms with Crippen LogP contribution in [-0.2, 0) is 4.74 Å². The van der Waals surface area contributed by atoms with Gasteiger partial charge in [0.25, 0.3) is 5.91 Å². The predicted molar refractivity (Wildman–Crippen MR) is 142 cm³/mol. The first-order valence-corrected chi connectivity index (χ1v) is 12.2. The number of nitrogen functional groups attached to an aromatic ring is 1. The van der Waals surface area contributed by atoms with E-state index in [-0.39, 0.29) is 17.2 Å². The number of halogens is 1. The van der Waals surface area contributed by atoms with Gasteiger partial charge < -0.3 is 26.4 Å². The van der Waals surface area contributed by atoms with E-state index in [0.29, 0.717) is 59.9 Å². The number of fused-ring (bicyclic) bond motifs is 1. The molecule has 0 bridgehead atoms. The van der Waals surface area contributed by atoms with E-state index in [1.165, 1.54) is 18.3 Å². The Morgan fingerprint density at radius 3 is 2.64 bits per heavy atom. The van der Waals surface area contributed by atoms with Crippen LogP contribution in [0.15, 0.2) is 42.7 Å². The smallest absolute Gasteiger partial charge is 0.405 e. The Morgan fingerprint density at radius 1 is 1.13 bits per heavy atom. The van der Waals surface area contributed by atoms with Gasteiger partial charge in [-0.05, 0) is 44.2 Å². The van der Waals surface area contributed by atoms with E-state index in [1.807, 2.05) is 17.9 Å². The number of primary amides is 1. The molecule has 13 heteroatoms. The van der Waals surface area contributed by atoms with Crippen molar-refractivity contribution >= 4 is 40.2 Å². The monoisotopic (exact) mass is 531 g/mol. The number of aromatic nitrogens is 5. The lowest BCUT2D eigenvalue weighted by Crippen LogP contribution is -2.46. The van der Waals surface area contributed by atoms with E-state index in [0.717, 1.165) is 0 Å². The fraction of sp³-hybridized carbons (Fsp3) is 0.269. The SMILES string of the molecule is Cc1nc(-c2cnc(N)c(C(=O)Nc3ncccc3N3CCC(C)(OC(N)=O)CC3)n2)c2cc(F)ccc2n1. The molecule has 1 aliphatic heterocycles. The summed E-state index contributed by atoms with van der Waals surface area (Å²) in [7, 11) is 0. The topological polar surface area (TPSA) is 175 Å². The number of anilines is 3. The summed E-state index contributed by atoms with van der Waals surface area (Å²) in [6, 6.07) is 7.75. The highest BCUT2D eigenvalue weighted by Gasteiger charge is 2.34. The molecule has 1 fully saturated rings. The Labute approximate surface area is 222 Å². The number of ether oxygens (including phenoxy) is 1. The molecule has 1 aromatic carbocycles. The lowest BCUT2D eigenvalue weighted by Gasteiger charge is -2.39. The number of aryl methyl sites for hydroxylation is 1. The fourth-order valence-corrected chi connectivity index (χ4v) is 4.57. The first-order valence-electron chi connectivity index (χ1n) is 12.2. The third-order valence-electron chi connectivity index (χ3n) is 6.56. The van der Waals surface area contributed by atoms with Crippen LogP contribution >= 0.6 is 0 Å². The van der Waals surface area contributed by atoms with Crippen molar-refractivity contribution in [1.82, 2.24) is 24.9 Å². The number of nitrogens with two attached hydrogens (primary N) is 2. The van der Waals surface area contributed by atoms with Gasteiger partial charge in [0.1, 0.15) is 28.6 Å². The minimum Gasteiger partial charge on any atom is -0.443 e. The highest BCUT2D eigenvalue weighted by molar-refractivity contribution is 6.07. The van der Waals surface area contributed by atoms with Gasteiger partial charge in [-0.15, -0.1) is 0 Å². The van der Waals surface area contributed by atoms with Crippen molar-refractivity contribution < 1.29 is 18.7 Å². The molecule has 39 heavy (non-hydrogen) atoms. The van der Waals surface area contributed by atoms with Crippen molar-refractivity contribution in [3.8, 4) is 11.4 Å². The van der Waals surface area contributed by atoms with Crippen molar-refractivity contribution in [1.29, 1.82) is 0 Å². The molecule has 5 N–H and O–H groups in total. The van der Waals surface area contributed by atoms with E-state index in [4.69, 9.17) is 16.2 Å². The number of pyridine rings is 1. The number of carbonyl (C=O) groups excluding carboxylic acids is 2.